The van der Waals surface area contributed by atoms with Gasteiger partial charge in [0.2, 0.25) is 0 Å². The number of aliphatic carboxylic acids is 1. The Hall–Kier alpha value is -1.35. The van der Waals surface area contributed by atoms with E-state index in [1.54, 1.807) is 19.9 Å². The number of aliphatic hydroxyl groups is 1. The van der Waals surface area contributed by atoms with E-state index in [9.17, 15) is 9.90 Å². The molecule has 3 heteroatoms. The molecule has 0 radical (unpaired) electrons. The maximum absolute atomic E-state index is 10.8. The summed E-state index contributed by atoms with van der Waals surface area (Å²) >= 11 is 0. The molecule has 1 aromatic rings. The van der Waals surface area contributed by atoms with Gasteiger partial charge in [0.15, 0.2) is 0 Å². The Morgan fingerprint density at radius 1 is 1.40 bits per heavy atom. The van der Waals surface area contributed by atoms with E-state index < -0.39 is 18.0 Å². The van der Waals surface area contributed by atoms with Crippen LogP contribution in [0.4, 0.5) is 0 Å². The van der Waals surface area contributed by atoms with E-state index in [-0.39, 0.29) is 0 Å². The standard InChI is InChI=1S/C12H16O3/c1-8(13)6-10-4-3-5-11(7-10)9(2)12(14)15/h3-5,7-9,13H,6H2,1-2H3,(H,14,15). The van der Waals surface area contributed by atoms with Gasteiger partial charge >= 0.3 is 5.97 Å². The summed E-state index contributed by atoms with van der Waals surface area (Å²) < 4.78 is 0. The zero-order valence-corrected chi connectivity index (χ0v) is 8.97. The number of hydrogen-bond acceptors (Lipinski definition) is 2. The van der Waals surface area contributed by atoms with Crippen LogP contribution in [0, 0.1) is 0 Å². The van der Waals surface area contributed by atoms with Gasteiger partial charge in [0.05, 0.1) is 12.0 Å². The van der Waals surface area contributed by atoms with Gasteiger partial charge in [0.25, 0.3) is 0 Å². The quantitative estimate of drug-likeness (QED) is 0.793. The van der Waals surface area contributed by atoms with Gasteiger partial charge in [0.1, 0.15) is 0 Å². The molecule has 0 aliphatic rings. The van der Waals surface area contributed by atoms with E-state index in [1.165, 1.54) is 0 Å². The lowest BCUT2D eigenvalue weighted by atomic mass is 9.97. The lowest BCUT2D eigenvalue weighted by Crippen LogP contribution is -2.09. The highest BCUT2D eigenvalue weighted by Crippen LogP contribution is 2.17. The fraction of sp³-hybridized carbons (Fsp3) is 0.417. The molecule has 0 heterocycles. The Morgan fingerprint density at radius 3 is 2.60 bits per heavy atom. The molecule has 0 fully saturated rings. The van der Waals surface area contributed by atoms with E-state index in [1.807, 2.05) is 18.2 Å². The molecule has 0 aliphatic heterocycles. The molecule has 3 nitrogen and oxygen atoms in total. The zero-order chi connectivity index (χ0) is 11.4. The molecule has 0 saturated carbocycles. The number of carboxylic acid groups (broad SMARTS) is 1. The number of aliphatic hydroxyl groups excluding tert-OH is 1. The summed E-state index contributed by atoms with van der Waals surface area (Å²) in [5.41, 5.74) is 1.75. The fourth-order valence-electron chi connectivity index (χ4n) is 1.47. The Labute approximate surface area is 89.4 Å². The van der Waals surface area contributed by atoms with Crippen molar-refractivity contribution in [1.82, 2.24) is 0 Å². The summed E-state index contributed by atoms with van der Waals surface area (Å²) in [6.45, 7) is 3.37. The molecule has 2 N–H and O–H groups in total. The summed E-state index contributed by atoms with van der Waals surface area (Å²) in [6, 6.07) is 7.35. The van der Waals surface area contributed by atoms with Crippen LogP contribution in [-0.4, -0.2) is 22.3 Å². The maximum Gasteiger partial charge on any atom is 0.310 e. The van der Waals surface area contributed by atoms with Gasteiger partial charge in [-0.05, 0) is 31.4 Å². The topological polar surface area (TPSA) is 57.5 Å². The first-order chi connectivity index (χ1) is 7.00. The third-order valence-corrected chi connectivity index (χ3v) is 2.35. The fourth-order valence-corrected chi connectivity index (χ4v) is 1.47. The van der Waals surface area contributed by atoms with Crippen LogP contribution in [0.5, 0.6) is 0 Å². The molecule has 0 aliphatic carbocycles. The molecule has 1 aromatic carbocycles. The van der Waals surface area contributed by atoms with Gasteiger partial charge in [-0.1, -0.05) is 24.3 Å². The van der Waals surface area contributed by atoms with Crippen molar-refractivity contribution in [3.63, 3.8) is 0 Å². The van der Waals surface area contributed by atoms with Crippen molar-refractivity contribution in [2.24, 2.45) is 0 Å². The molecule has 0 bridgehead atoms. The molecule has 2 unspecified atom stereocenters. The van der Waals surface area contributed by atoms with Crippen LogP contribution < -0.4 is 0 Å². The first kappa shape index (κ1) is 11.7. The largest absolute Gasteiger partial charge is 0.481 e. The maximum atomic E-state index is 10.8. The van der Waals surface area contributed by atoms with Crippen LogP contribution in [0.2, 0.25) is 0 Å². The van der Waals surface area contributed by atoms with Gasteiger partial charge in [-0.2, -0.15) is 0 Å². The molecular formula is C12H16O3. The minimum Gasteiger partial charge on any atom is -0.481 e. The Balaban J connectivity index is 2.87. The molecule has 0 aromatic heterocycles. The minimum atomic E-state index is -0.829. The predicted molar refractivity (Wildman–Crippen MR) is 57.9 cm³/mol. The second-order valence-corrected chi connectivity index (χ2v) is 3.86. The Bertz CT molecular complexity index is 344. The Kier molecular flexibility index (Phi) is 3.86. The molecule has 1 rings (SSSR count). The van der Waals surface area contributed by atoms with Crippen LogP contribution in [0.25, 0.3) is 0 Å². The average Bonchev–Trinajstić information content (AvgIpc) is 2.16. The second kappa shape index (κ2) is 4.94. The van der Waals surface area contributed by atoms with Gasteiger partial charge < -0.3 is 10.2 Å². The summed E-state index contributed by atoms with van der Waals surface area (Å²) in [6.07, 6.45) is 0.153. The number of carboxylic acids is 1. The highest BCUT2D eigenvalue weighted by Gasteiger charge is 2.13. The molecule has 15 heavy (non-hydrogen) atoms. The molecule has 0 spiro atoms. The number of rotatable bonds is 4. The summed E-state index contributed by atoms with van der Waals surface area (Å²) in [5.74, 6) is -1.33. The van der Waals surface area contributed by atoms with Crippen LogP contribution in [-0.2, 0) is 11.2 Å². The minimum absolute atomic E-state index is 0.402. The highest BCUT2D eigenvalue weighted by molar-refractivity contribution is 5.75. The SMILES string of the molecule is CC(O)Cc1cccc(C(C)C(=O)O)c1. The van der Waals surface area contributed by atoms with Crippen LogP contribution in [0.15, 0.2) is 24.3 Å². The average molecular weight is 208 g/mol. The Morgan fingerprint density at radius 2 is 2.07 bits per heavy atom. The van der Waals surface area contributed by atoms with E-state index in [2.05, 4.69) is 0 Å². The predicted octanol–water partition coefficient (Wildman–Crippen LogP) is 1.80. The van der Waals surface area contributed by atoms with Crippen molar-refractivity contribution in [3.05, 3.63) is 35.4 Å². The van der Waals surface area contributed by atoms with Gasteiger partial charge in [-0.3, -0.25) is 4.79 Å². The van der Waals surface area contributed by atoms with Gasteiger partial charge in [0, 0.05) is 0 Å². The number of benzene rings is 1. The van der Waals surface area contributed by atoms with E-state index in [0.717, 1.165) is 11.1 Å². The summed E-state index contributed by atoms with van der Waals surface area (Å²) in [5, 5.41) is 18.1. The second-order valence-electron chi connectivity index (χ2n) is 3.86. The van der Waals surface area contributed by atoms with Crippen molar-refractivity contribution in [3.8, 4) is 0 Å². The van der Waals surface area contributed by atoms with E-state index in [0.29, 0.717) is 6.42 Å². The van der Waals surface area contributed by atoms with Crippen molar-refractivity contribution in [2.75, 3.05) is 0 Å². The van der Waals surface area contributed by atoms with Crippen molar-refractivity contribution >= 4 is 5.97 Å². The first-order valence-electron chi connectivity index (χ1n) is 5.00. The third kappa shape index (κ3) is 3.36. The lowest BCUT2D eigenvalue weighted by Gasteiger charge is -2.09. The van der Waals surface area contributed by atoms with Gasteiger partial charge in [-0.15, -0.1) is 0 Å². The monoisotopic (exact) mass is 208 g/mol. The number of hydrogen-bond donors (Lipinski definition) is 2. The van der Waals surface area contributed by atoms with Gasteiger partial charge in [-0.25, -0.2) is 0 Å². The van der Waals surface area contributed by atoms with E-state index in [4.69, 9.17) is 5.11 Å². The summed E-state index contributed by atoms with van der Waals surface area (Å²) in [4.78, 5) is 10.8. The van der Waals surface area contributed by atoms with Crippen molar-refractivity contribution in [1.29, 1.82) is 0 Å². The molecular weight excluding hydrogens is 192 g/mol. The smallest absolute Gasteiger partial charge is 0.310 e. The molecule has 0 saturated heterocycles. The summed E-state index contributed by atoms with van der Waals surface area (Å²) in [7, 11) is 0. The molecule has 2 atom stereocenters. The van der Waals surface area contributed by atoms with Crippen molar-refractivity contribution < 1.29 is 15.0 Å². The molecule has 0 amide bonds. The normalized spacial score (nSPS) is 14.6. The first-order valence-corrected chi connectivity index (χ1v) is 5.00. The van der Waals surface area contributed by atoms with Crippen LogP contribution in [0.3, 0.4) is 0 Å². The van der Waals surface area contributed by atoms with Crippen LogP contribution in [0.1, 0.15) is 30.9 Å². The lowest BCUT2D eigenvalue weighted by molar-refractivity contribution is -0.138. The van der Waals surface area contributed by atoms with Crippen molar-refractivity contribution in [2.45, 2.75) is 32.3 Å². The number of carbonyl (C=O) groups is 1. The zero-order valence-electron chi connectivity index (χ0n) is 8.97. The van der Waals surface area contributed by atoms with Crippen LogP contribution >= 0.6 is 0 Å². The highest BCUT2D eigenvalue weighted by atomic mass is 16.4. The molecule has 82 valence electrons. The third-order valence-electron chi connectivity index (χ3n) is 2.35. The van der Waals surface area contributed by atoms with E-state index >= 15 is 0 Å².